The first-order chi connectivity index (χ1) is 8.42. The summed E-state index contributed by atoms with van der Waals surface area (Å²) in [5, 5.41) is 3.24. The van der Waals surface area contributed by atoms with Crippen molar-refractivity contribution in [2.24, 2.45) is 0 Å². The van der Waals surface area contributed by atoms with Crippen LogP contribution in [0.1, 0.15) is 37.4 Å². The number of ether oxygens (including phenoxy) is 1. The number of aryl methyl sites for hydroxylation is 1. The second-order valence-corrected chi connectivity index (χ2v) is 4.37. The van der Waals surface area contributed by atoms with E-state index in [1.54, 1.807) is 6.33 Å². The molecule has 1 aliphatic carbocycles. The Balaban J connectivity index is 2.01. The fraction of sp³-hybridized carbons (Fsp3) is 0.692. The normalized spacial score (nSPS) is 15.1. The molecule has 0 aliphatic heterocycles. The van der Waals surface area contributed by atoms with Crippen LogP contribution in [0.5, 0.6) is 5.88 Å². The Kier molecular flexibility index (Phi) is 4.74. The largest absolute Gasteiger partial charge is 0.476 e. The third kappa shape index (κ3) is 3.40. The fourth-order valence-corrected chi connectivity index (χ4v) is 2.19. The molecular weight excluding hydrogens is 214 g/mol. The summed E-state index contributed by atoms with van der Waals surface area (Å²) >= 11 is 0. The summed E-state index contributed by atoms with van der Waals surface area (Å²) in [4.78, 5) is 8.65. The summed E-state index contributed by atoms with van der Waals surface area (Å²) in [6.07, 6.45) is 7.51. The van der Waals surface area contributed by atoms with Crippen molar-refractivity contribution >= 4 is 0 Å². The Labute approximate surface area is 103 Å². The molecule has 1 aromatic rings. The molecule has 1 aromatic heterocycles. The first-order valence-corrected chi connectivity index (χ1v) is 6.58. The van der Waals surface area contributed by atoms with Gasteiger partial charge in [0.05, 0.1) is 5.69 Å². The highest BCUT2D eigenvalue weighted by Gasteiger charge is 2.14. The zero-order chi connectivity index (χ0) is 11.9. The maximum atomic E-state index is 5.75. The summed E-state index contributed by atoms with van der Waals surface area (Å²) in [6.45, 7) is 4.62. The van der Waals surface area contributed by atoms with Crippen molar-refractivity contribution in [3.8, 4) is 5.88 Å². The molecule has 1 heterocycles. The molecule has 1 aliphatic rings. The van der Waals surface area contributed by atoms with Crippen molar-refractivity contribution in [3.63, 3.8) is 0 Å². The molecule has 0 saturated heterocycles. The Morgan fingerprint density at radius 1 is 1.24 bits per heavy atom. The van der Waals surface area contributed by atoms with Crippen LogP contribution in [0.15, 0.2) is 6.33 Å². The molecule has 2 rings (SSSR count). The number of nitrogens with zero attached hydrogens (tertiary/aromatic N) is 2. The molecule has 0 atom stereocenters. The molecular formula is C13H21N3O. The van der Waals surface area contributed by atoms with E-state index in [0.717, 1.165) is 31.8 Å². The molecule has 0 bridgehead atoms. The Bertz CT molecular complexity index is 355. The van der Waals surface area contributed by atoms with Crippen molar-refractivity contribution in [1.29, 1.82) is 0 Å². The minimum atomic E-state index is 0.678. The average Bonchev–Trinajstić information content (AvgIpc) is 2.60. The lowest BCUT2D eigenvalue weighted by molar-refractivity contribution is 0.299. The van der Waals surface area contributed by atoms with Crippen molar-refractivity contribution in [3.05, 3.63) is 17.6 Å². The van der Waals surface area contributed by atoms with E-state index >= 15 is 0 Å². The predicted molar refractivity (Wildman–Crippen MR) is 67.3 cm³/mol. The van der Waals surface area contributed by atoms with E-state index in [1.807, 2.05) is 0 Å². The van der Waals surface area contributed by atoms with Crippen molar-refractivity contribution < 1.29 is 4.74 Å². The smallest absolute Gasteiger partial charge is 0.219 e. The minimum Gasteiger partial charge on any atom is -0.476 e. The zero-order valence-electron chi connectivity index (χ0n) is 10.5. The van der Waals surface area contributed by atoms with Crippen LogP contribution in [0.4, 0.5) is 0 Å². The van der Waals surface area contributed by atoms with Crippen LogP contribution in [0.2, 0.25) is 0 Å². The fourth-order valence-electron chi connectivity index (χ4n) is 2.19. The molecule has 4 nitrogen and oxygen atoms in total. The number of likely N-dealkylation sites (N-methyl/N-ethyl adjacent to an activating group) is 1. The molecule has 0 amide bonds. The average molecular weight is 235 g/mol. The van der Waals surface area contributed by atoms with Gasteiger partial charge >= 0.3 is 0 Å². The van der Waals surface area contributed by atoms with Gasteiger partial charge in [0.25, 0.3) is 0 Å². The number of nitrogens with one attached hydrogen (secondary N) is 1. The first kappa shape index (κ1) is 12.3. The van der Waals surface area contributed by atoms with Gasteiger partial charge in [0.2, 0.25) is 5.88 Å². The Morgan fingerprint density at radius 2 is 2.12 bits per heavy atom. The van der Waals surface area contributed by atoms with Gasteiger partial charge < -0.3 is 10.1 Å². The second kappa shape index (κ2) is 6.55. The molecule has 94 valence electrons. The zero-order valence-corrected chi connectivity index (χ0v) is 10.5. The van der Waals surface area contributed by atoms with E-state index in [9.17, 15) is 0 Å². The topological polar surface area (TPSA) is 47.0 Å². The predicted octanol–water partition coefficient (Wildman–Crippen LogP) is 1.73. The maximum absolute atomic E-state index is 5.75. The third-order valence-corrected chi connectivity index (χ3v) is 3.10. The van der Waals surface area contributed by atoms with Gasteiger partial charge in [0, 0.05) is 12.1 Å². The summed E-state index contributed by atoms with van der Waals surface area (Å²) in [6, 6.07) is 0. The summed E-state index contributed by atoms with van der Waals surface area (Å²) in [7, 11) is 0. The van der Waals surface area contributed by atoms with E-state index < -0.39 is 0 Å². The van der Waals surface area contributed by atoms with E-state index in [0.29, 0.717) is 6.61 Å². The lowest BCUT2D eigenvalue weighted by Gasteiger charge is -2.11. The van der Waals surface area contributed by atoms with Crippen LogP contribution in [-0.4, -0.2) is 29.7 Å². The van der Waals surface area contributed by atoms with Crippen LogP contribution in [-0.2, 0) is 12.8 Å². The van der Waals surface area contributed by atoms with Gasteiger partial charge in [0.1, 0.15) is 12.9 Å². The van der Waals surface area contributed by atoms with Crippen LogP contribution in [0, 0.1) is 0 Å². The molecule has 0 fully saturated rings. The van der Waals surface area contributed by atoms with Gasteiger partial charge in [-0.2, -0.15) is 0 Å². The standard InChI is InChI=1S/C13H21N3O/c1-2-14-8-9-17-13-11-6-4-3-5-7-12(11)15-10-16-13/h10,14H,2-9H2,1H3. The van der Waals surface area contributed by atoms with Gasteiger partial charge in [-0.1, -0.05) is 13.3 Å². The lowest BCUT2D eigenvalue weighted by atomic mass is 10.1. The van der Waals surface area contributed by atoms with E-state index in [2.05, 4.69) is 22.2 Å². The summed E-state index contributed by atoms with van der Waals surface area (Å²) in [5.74, 6) is 0.801. The van der Waals surface area contributed by atoms with Gasteiger partial charge in [-0.25, -0.2) is 9.97 Å². The highest BCUT2D eigenvalue weighted by Crippen LogP contribution is 2.25. The highest BCUT2D eigenvalue weighted by molar-refractivity contribution is 5.30. The number of fused-ring (bicyclic) bond motifs is 1. The Hall–Kier alpha value is -1.16. The molecule has 0 saturated carbocycles. The van der Waals surface area contributed by atoms with E-state index in [1.165, 1.54) is 30.5 Å². The number of rotatable bonds is 5. The van der Waals surface area contributed by atoms with Crippen LogP contribution in [0.25, 0.3) is 0 Å². The van der Waals surface area contributed by atoms with Crippen LogP contribution in [0.3, 0.4) is 0 Å². The number of hydrogen-bond donors (Lipinski definition) is 1. The summed E-state index contributed by atoms with van der Waals surface area (Å²) < 4.78 is 5.75. The molecule has 17 heavy (non-hydrogen) atoms. The van der Waals surface area contributed by atoms with Gasteiger partial charge in [-0.3, -0.25) is 0 Å². The number of aromatic nitrogens is 2. The minimum absolute atomic E-state index is 0.678. The van der Waals surface area contributed by atoms with Crippen molar-refractivity contribution in [2.45, 2.75) is 39.0 Å². The molecule has 4 heteroatoms. The first-order valence-electron chi connectivity index (χ1n) is 6.58. The highest BCUT2D eigenvalue weighted by atomic mass is 16.5. The summed E-state index contributed by atoms with van der Waals surface area (Å²) in [5.41, 5.74) is 2.43. The number of hydrogen-bond acceptors (Lipinski definition) is 4. The second-order valence-electron chi connectivity index (χ2n) is 4.37. The van der Waals surface area contributed by atoms with Gasteiger partial charge in [-0.15, -0.1) is 0 Å². The monoisotopic (exact) mass is 235 g/mol. The third-order valence-electron chi connectivity index (χ3n) is 3.10. The quantitative estimate of drug-likeness (QED) is 0.623. The van der Waals surface area contributed by atoms with Crippen molar-refractivity contribution in [1.82, 2.24) is 15.3 Å². The van der Waals surface area contributed by atoms with Crippen LogP contribution < -0.4 is 10.1 Å². The maximum Gasteiger partial charge on any atom is 0.219 e. The SMILES string of the molecule is CCNCCOc1ncnc2c1CCCCC2. The molecule has 0 spiro atoms. The molecule has 0 radical (unpaired) electrons. The van der Waals surface area contributed by atoms with E-state index in [-0.39, 0.29) is 0 Å². The lowest BCUT2D eigenvalue weighted by Crippen LogP contribution is -2.21. The van der Waals surface area contributed by atoms with Crippen LogP contribution >= 0.6 is 0 Å². The molecule has 1 N–H and O–H groups in total. The van der Waals surface area contributed by atoms with E-state index in [4.69, 9.17) is 4.74 Å². The molecule has 0 aromatic carbocycles. The van der Waals surface area contributed by atoms with Gasteiger partial charge in [0.15, 0.2) is 0 Å². The van der Waals surface area contributed by atoms with Crippen molar-refractivity contribution in [2.75, 3.05) is 19.7 Å². The van der Waals surface area contributed by atoms with Gasteiger partial charge in [-0.05, 0) is 32.2 Å². The Morgan fingerprint density at radius 3 is 3.00 bits per heavy atom. The molecule has 0 unspecified atom stereocenters.